The van der Waals surface area contributed by atoms with E-state index in [1.807, 2.05) is 6.92 Å². The first-order valence-electron chi connectivity index (χ1n) is 9.82. The molecule has 160 valence electrons. The van der Waals surface area contributed by atoms with E-state index in [4.69, 9.17) is 0 Å². The van der Waals surface area contributed by atoms with Crippen LogP contribution in [0, 0.1) is 0 Å². The number of rotatable bonds is 10. The topological polar surface area (TPSA) is 85.8 Å². The van der Waals surface area contributed by atoms with Gasteiger partial charge in [0.2, 0.25) is 10.0 Å². The Kier molecular flexibility index (Phi) is 12.0. The third-order valence-electron chi connectivity index (χ3n) is 4.51. The van der Waals surface area contributed by atoms with Gasteiger partial charge in [-0.25, -0.2) is 18.1 Å². The van der Waals surface area contributed by atoms with Gasteiger partial charge in [-0.1, -0.05) is 24.3 Å². The minimum atomic E-state index is -3.15. The molecule has 0 radical (unpaired) electrons. The molecule has 0 atom stereocenters. The van der Waals surface area contributed by atoms with Crippen molar-refractivity contribution in [1.29, 1.82) is 0 Å². The molecule has 0 aliphatic carbocycles. The van der Waals surface area contributed by atoms with Gasteiger partial charge in [-0.15, -0.1) is 24.0 Å². The summed E-state index contributed by atoms with van der Waals surface area (Å²) in [5, 5.41) is 6.33. The second-order valence-corrected chi connectivity index (χ2v) is 8.81. The smallest absolute Gasteiger partial charge is 0.211 e. The number of halogens is 1. The average molecular weight is 523 g/mol. The van der Waals surface area contributed by atoms with Crippen LogP contribution in [0.15, 0.2) is 29.3 Å². The lowest BCUT2D eigenvalue weighted by atomic mass is 10.1. The Morgan fingerprint density at radius 3 is 2.29 bits per heavy atom. The molecule has 1 heterocycles. The SMILES string of the molecule is CCNC(=NCc1ccc(CN2CCCC2)cc1)NCCNS(=O)(=O)CC.I. The molecule has 28 heavy (non-hydrogen) atoms. The average Bonchev–Trinajstić information content (AvgIpc) is 3.17. The highest BCUT2D eigenvalue weighted by Crippen LogP contribution is 2.13. The largest absolute Gasteiger partial charge is 0.357 e. The first-order valence-corrected chi connectivity index (χ1v) is 11.5. The maximum Gasteiger partial charge on any atom is 0.211 e. The van der Waals surface area contributed by atoms with E-state index >= 15 is 0 Å². The molecule has 1 aromatic carbocycles. The first-order chi connectivity index (χ1) is 13.0. The number of nitrogens with zero attached hydrogens (tertiary/aromatic N) is 2. The minimum absolute atomic E-state index is 0. The number of nitrogens with one attached hydrogen (secondary N) is 3. The zero-order valence-corrected chi connectivity index (χ0v) is 20.1. The number of benzene rings is 1. The van der Waals surface area contributed by atoms with Gasteiger partial charge in [0, 0.05) is 26.2 Å². The van der Waals surface area contributed by atoms with Crippen molar-refractivity contribution in [3.8, 4) is 0 Å². The first kappa shape index (κ1) is 25.1. The Balaban J connectivity index is 0.00000392. The van der Waals surface area contributed by atoms with Crippen molar-refractivity contribution >= 4 is 40.0 Å². The van der Waals surface area contributed by atoms with Crippen molar-refractivity contribution in [2.24, 2.45) is 4.99 Å². The quantitative estimate of drug-likeness (QED) is 0.189. The maximum absolute atomic E-state index is 11.4. The highest BCUT2D eigenvalue weighted by molar-refractivity contribution is 14.0. The molecule has 2 rings (SSSR count). The normalized spacial score (nSPS) is 15.3. The Morgan fingerprint density at radius 1 is 1.04 bits per heavy atom. The highest BCUT2D eigenvalue weighted by atomic mass is 127. The number of aliphatic imine (C=N–C) groups is 1. The fourth-order valence-electron chi connectivity index (χ4n) is 2.95. The monoisotopic (exact) mass is 523 g/mol. The van der Waals surface area contributed by atoms with E-state index < -0.39 is 10.0 Å². The summed E-state index contributed by atoms with van der Waals surface area (Å²) >= 11 is 0. The molecule has 3 N–H and O–H groups in total. The van der Waals surface area contributed by atoms with Gasteiger partial charge in [-0.2, -0.15) is 0 Å². The predicted molar refractivity (Wildman–Crippen MR) is 127 cm³/mol. The van der Waals surface area contributed by atoms with Crippen LogP contribution in [0.5, 0.6) is 0 Å². The van der Waals surface area contributed by atoms with Gasteiger partial charge in [0.25, 0.3) is 0 Å². The molecule has 0 bridgehead atoms. The van der Waals surface area contributed by atoms with Crippen molar-refractivity contribution in [2.45, 2.75) is 39.8 Å². The molecule has 0 saturated carbocycles. The molecule has 9 heteroatoms. The summed E-state index contributed by atoms with van der Waals surface area (Å²) in [7, 11) is -3.15. The molecule has 7 nitrogen and oxygen atoms in total. The van der Waals surface area contributed by atoms with Crippen molar-refractivity contribution in [3.05, 3.63) is 35.4 Å². The van der Waals surface area contributed by atoms with Gasteiger partial charge in [0.05, 0.1) is 12.3 Å². The summed E-state index contributed by atoms with van der Waals surface area (Å²) < 4.78 is 25.4. The zero-order chi connectivity index (χ0) is 19.5. The second-order valence-electron chi connectivity index (χ2n) is 6.72. The number of hydrogen-bond acceptors (Lipinski definition) is 4. The van der Waals surface area contributed by atoms with Crippen LogP contribution in [0.3, 0.4) is 0 Å². The van der Waals surface area contributed by atoms with E-state index in [0.717, 1.165) is 18.7 Å². The van der Waals surface area contributed by atoms with Gasteiger partial charge in [0.1, 0.15) is 0 Å². The third-order valence-corrected chi connectivity index (χ3v) is 5.92. The molecule has 1 aliphatic heterocycles. The molecule has 0 unspecified atom stereocenters. The molecule has 1 saturated heterocycles. The van der Waals surface area contributed by atoms with Crippen LogP contribution < -0.4 is 15.4 Å². The summed E-state index contributed by atoms with van der Waals surface area (Å²) in [4.78, 5) is 7.07. The van der Waals surface area contributed by atoms with Gasteiger partial charge < -0.3 is 10.6 Å². The lowest BCUT2D eigenvalue weighted by Gasteiger charge is -2.14. The summed E-state index contributed by atoms with van der Waals surface area (Å²) in [6, 6.07) is 8.63. The standard InChI is InChI=1S/C19H33N5O2S.HI/c1-3-20-19(21-11-12-23-27(25,26)4-2)22-15-17-7-9-18(10-8-17)16-24-13-5-6-14-24;/h7-10,23H,3-6,11-16H2,1-2H3,(H2,20,21,22);1H. The Morgan fingerprint density at radius 2 is 1.68 bits per heavy atom. The number of hydrogen-bond donors (Lipinski definition) is 3. The second kappa shape index (κ2) is 13.3. The van der Waals surface area contributed by atoms with Crippen LogP contribution in [-0.4, -0.2) is 57.8 Å². The van der Waals surface area contributed by atoms with Gasteiger partial charge in [-0.3, -0.25) is 4.90 Å². The molecule has 1 fully saturated rings. The zero-order valence-electron chi connectivity index (χ0n) is 16.9. The molecular formula is C19H34IN5O2S. The number of likely N-dealkylation sites (tertiary alicyclic amines) is 1. The summed E-state index contributed by atoms with van der Waals surface area (Å²) in [6.45, 7) is 9.23. The maximum atomic E-state index is 11.4. The Hall–Kier alpha value is -0.910. The van der Waals surface area contributed by atoms with Gasteiger partial charge >= 0.3 is 0 Å². The highest BCUT2D eigenvalue weighted by Gasteiger charge is 2.11. The van der Waals surface area contributed by atoms with Crippen molar-refractivity contribution in [1.82, 2.24) is 20.3 Å². The summed E-state index contributed by atoms with van der Waals surface area (Å²) in [5.74, 6) is 0.781. The van der Waals surface area contributed by atoms with Gasteiger partial charge in [0.15, 0.2) is 5.96 Å². The summed E-state index contributed by atoms with van der Waals surface area (Å²) in [5.41, 5.74) is 2.50. The van der Waals surface area contributed by atoms with Crippen molar-refractivity contribution < 1.29 is 8.42 Å². The van der Waals surface area contributed by atoms with Crippen LogP contribution in [-0.2, 0) is 23.1 Å². The molecular weight excluding hydrogens is 489 g/mol. The minimum Gasteiger partial charge on any atom is -0.357 e. The Labute approximate surface area is 186 Å². The molecule has 0 amide bonds. The van der Waals surface area contributed by atoms with E-state index in [1.54, 1.807) is 6.92 Å². The van der Waals surface area contributed by atoms with Crippen LogP contribution in [0.4, 0.5) is 0 Å². The van der Waals surface area contributed by atoms with E-state index in [0.29, 0.717) is 25.6 Å². The fourth-order valence-corrected chi connectivity index (χ4v) is 3.57. The van der Waals surface area contributed by atoms with Crippen molar-refractivity contribution in [2.75, 3.05) is 38.5 Å². The lowest BCUT2D eigenvalue weighted by molar-refractivity contribution is 0.331. The Bertz CT molecular complexity index is 689. The molecule has 0 aromatic heterocycles. The van der Waals surface area contributed by atoms with E-state index in [9.17, 15) is 8.42 Å². The summed E-state index contributed by atoms with van der Waals surface area (Å²) in [6.07, 6.45) is 2.62. The predicted octanol–water partition coefficient (Wildman–Crippen LogP) is 1.89. The number of sulfonamides is 1. The third kappa shape index (κ3) is 9.53. The van der Waals surface area contributed by atoms with E-state index in [-0.39, 0.29) is 29.7 Å². The molecule has 1 aliphatic rings. The van der Waals surface area contributed by atoms with Crippen molar-refractivity contribution in [3.63, 3.8) is 0 Å². The van der Waals surface area contributed by atoms with Crippen LogP contribution in [0.2, 0.25) is 0 Å². The van der Waals surface area contributed by atoms with E-state index in [2.05, 4.69) is 49.5 Å². The van der Waals surface area contributed by atoms with Crippen LogP contribution in [0.25, 0.3) is 0 Å². The van der Waals surface area contributed by atoms with Crippen LogP contribution >= 0.6 is 24.0 Å². The molecule has 0 spiro atoms. The lowest BCUT2D eigenvalue weighted by Crippen LogP contribution is -2.41. The molecule has 1 aromatic rings. The van der Waals surface area contributed by atoms with E-state index in [1.165, 1.54) is 31.5 Å². The number of guanidine groups is 1. The van der Waals surface area contributed by atoms with Gasteiger partial charge in [-0.05, 0) is 50.9 Å². The van der Waals surface area contributed by atoms with Crippen LogP contribution in [0.1, 0.15) is 37.8 Å². The fraction of sp³-hybridized carbons (Fsp3) is 0.632.